The number of H-pyrrole nitrogens is 1. The van der Waals surface area contributed by atoms with Gasteiger partial charge in [0.25, 0.3) is 10.0 Å². The van der Waals surface area contributed by atoms with Gasteiger partial charge in [0, 0.05) is 22.5 Å². The summed E-state index contributed by atoms with van der Waals surface area (Å²) in [7, 11) is -3.80. The predicted molar refractivity (Wildman–Crippen MR) is 80.4 cm³/mol. The lowest BCUT2D eigenvalue weighted by molar-refractivity contribution is 0.0697. The Morgan fingerprint density at radius 2 is 2.10 bits per heavy atom. The number of carboxylic acid groups (broad SMARTS) is 1. The van der Waals surface area contributed by atoms with E-state index >= 15 is 0 Å². The third-order valence-corrected chi connectivity index (χ3v) is 5.73. The minimum atomic E-state index is -3.80. The van der Waals surface area contributed by atoms with Crippen LogP contribution in [0.2, 0.25) is 0 Å². The minimum absolute atomic E-state index is 0.0348. The fourth-order valence-corrected chi connectivity index (χ4v) is 4.17. The van der Waals surface area contributed by atoms with Crippen molar-refractivity contribution in [3.05, 3.63) is 47.5 Å². The molecule has 6 nitrogen and oxygen atoms in total. The summed E-state index contributed by atoms with van der Waals surface area (Å²) in [5.74, 6) is -1.15. The Morgan fingerprint density at radius 1 is 1.29 bits per heavy atom. The Balaban J connectivity index is 1.99. The molecule has 3 rings (SSSR count). The molecule has 108 valence electrons. The standard InChI is InChI=1S/C13H10N2O4S2/c16-13(17)8-6-12(20-7-8)21(18,19)15-11-3-1-2-10-9(11)4-5-14-10/h1-7,14-15H,(H,16,17). The number of rotatable bonds is 4. The van der Waals surface area contributed by atoms with Crippen LogP contribution in [0.4, 0.5) is 5.69 Å². The number of aromatic carboxylic acids is 1. The molecule has 0 amide bonds. The summed E-state index contributed by atoms with van der Waals surface area (Å²) in [5.41, 5.74) is 1.21. The van der Waals surface area contributed by atoms with Crippen molar-refractivity contribution in [3.63, 3.8) is 0 Å². The van der Waals surface area contributed by atoms with E-state index in [1.807, 2.05) is 6.07 Å². The Hall–Kier alpha value is -2.32. The van der Waals surface area contributed by atoms with Crippen molar-refractivity contribution in [2.75, 3.05) is 4.72 Å². The molecule has 3 N–H and O–H groups in total. The van der Waals surface area contributed by atoms with E-state index in [-0.39, 0.29) is 9.77 Å². The van der Waals surface area contributed by atoms with Gasteiger partial charge in [-0.3, -0.25) is 4.72 Å². The number of carboxylic acids is 1. The zero-order valence-electron chi connectivity index (χ0n) is 10.5. The van der Waals surface area contributed by atoms with E-state index in [0.717, 1.165) is 28.3 Å². The van der Waals surface area contributed by atoms with Gasteiger partial charge in [0.15, 0.2) is 0 Å². The number of nitrogens with one attached hydrogen (secondary N) is 2. The maximum absolute atomic E-state index is 12.3. The van der Waals surface area contributed by atoms with Crippen LogP contribution in [0.1, 0.15) is 10.4 Å². The summed E-state index contributed by atoms with van der Waals surface area (Å²) in [6, 6.07) is 8.13. The first kappa shape index (κ1) is 13.7. The molecule has 0 atom stereocenters. The Bertz CT molecular complexity index is 924. The van der Waals surface area contributed by atoms with E-state index in [4.69, 9.17) is 5.11 Å². The van der Waals surface area contributed by atoms with E-state index < -0.39 is 16.0 Å². The largest absolute Gasteiger partial charge is 0.478 e. The first-order valence-corrected chi connectivity index (χ1v) is 8.24. The molecule has 2 aromatic heterocycles. The number of sulfonamides is 1. The lowest BCUT2D eigenvalue weighted by Gasteiger charge is -2.07. The number of fused-ring (bicyclic) bond motifs is 1. The Labute approximate surface area is 124 Å². The third kappa shape index (κ3) is 2.50. The Morgan fingerprint density at radius 3 is 2.81 bits per heavy atom. The van der Waals surface area contributed by atoms with E-state index in [1.165, 1.54) is 5.38 Å². The highest BCUT2D eigenvalue weighted by molar-refractivity contribution is 7.94. The molecule has 0 radical (unpaired) electrons. The van der Waals surface area contributed by atoms with Gasteiger partial charge in [-0.15, -0.1) is 11.3 Å². The van der Waals surface area contributed by atoms with Crippen LogP contribution in [0.15, 0.2) is 46.1 Å². The number of hydrogen-bond acceptors (Lipinski definition) is 4. The van der Waals surface area contributed by atoms with Crippen LogP contribution in [0.25, 0.3) is 10.9 Å². The molecule has 0 aliphatic heterocycles. The highest BCUT2D eigenvalue weighted by Gasteiger charge is 2.19. The molecule has 0 aliphatic rings. The molecule has 1 aromatic carbocycles. The van der Waals surface area contributed by atoms with Crippen molar-refractivity contribution in [3.8, 4) is 0 Å². The van der Waals surface area contributed by atoms with E-state index in [2.05, 4.69) is 9.71 Å². The second-order valence-electron chi connectivity index (χ2n) is 4.31. The first-order valence-electron chi connectivity index (χ1n) is 5.88. The van der Waals surface area contributed by atoms with E-state index in [9.17, 15) is 13.2 Å². The first-order chi connectivity index (χ1) is 9.97. The second kappa shape index (κ2) is 4.90. The molecule has 3 aromatic rings. The summed E-state index contributed by atoms with van der Waals surface area (Å²) < 4.78 is 27.0. The molecule has 8 heteroatoms. The number of carbonyl (C=O) groups is 1. The smallest absolute Gasteiger partial charge is 0.336 e. The second-order valence-corrected chi connectivity index (χ2v) is 7.13. The number of hydrogen-bond donors (Lipinski definition) is 3. The van der Waals surface area contributed by atoms with E-state index in [0.29, 0.717) is 5.69 Å². The predicted octanol–water partition coefficient (Wildman–Crippen LogP) is 2.73. The molecule has 0 aliphatic carbocycles. The summed E-state index contributed by atoms with van der Waals surface area (Å²) in [6.45, 7) is 0. The average molecular weight is 322 g/mol. The quantitative estimate of drug-likeness (QED) is 0.687. The lowest BCUT2D eigenvalue weighted by Crippen LogP contribution is -2.11. The SMILES string of the molecule is O=C(O)c1csc(S(=O)(=O)Nc2cccc3[nH]ccc23)c1. The highest BCUT2D eigenvalue weighted by Crippen LogP contribution is 2.27. The van der Waals surface area contributed by atoms with Gasteiger partial charge in [-0.2, -0.15) is 0 Å². The third-order valence-electron chi connectivity index (χ3n) is 2.93. The number of benzene rings is 1. The van der Waals surface area contributed by atoms with Crippen molar-refractivity contribution in [2.24, 2.45) is 0 Å². The van der Waals surface area contributed by atoms with Crippen LogP contribution in [-0.4, -0.2) is 24.5 Å². The van der Waals surface area contributed by atoms with Crippen molar-refractivity contribution in [1.29, 1.82) is 0 Å². The Kier molecular flexibility index (Phi) is 3.19. The fourth-order valence-electron chi connectivity index (χ4n) is 1.94. The summed E-state index contributed by atoms with van der Waals surface area (Å²) in [5, 5.41) is 10.9. The van der Waals surface area contributed by atoms with Gasteiger partial charge in [-0.1, -0.05) is 6.07 Å². The monoisotopic (exact) mass is 322 g/mol. The van der Waals surface area contributed by atoms with Gasteiger partial charge in [-0.05, 0) is 24.3 Å². The molecule has 0 saturated carbocycles. The average Bonchev–Trinajstić information content (AvgIpc) is 3.08. The van der Waals surface area contributed by atoms with Crippen LogP contribution in [-0.2, 0) is 10.0 Å². The van der Waals surface area contributed by atoms with Crippen LogP contribution in [0, 0.1) is 0 Å². The normalized spacial score (nSPS) is 11.6. The van der Waals surface area contributed by atoms with Crippen LogP contribution in [0.5, 0.6) is 0 Å². The number of anilines is 1. The molecule has 0 bridgehead atoms. The number of aromatic amines is 1. The fraction of sp³-hybridized carbons (Fsp3) is 0. The molecule has 0 spiro atoms. The molecule has 0 saturated heterocycles. The van der Waals surface area contributed by atoms with E-state index in [1.54, 1.807) is 24.4 Å². The molecule has 2 heterocycles. The van der Waals surface area contributed by atoms with Crippen LogP contribution < -0.4 is 4.72 Å². The lowest BCUT2D eigenvalue weighted by atomic mass is 10.2. The van der Waals surface area contributed by atoms with Crippen molar-refractivity contribution in [2.45, 2.75) is 4.21 Å². The summed E-state index contributed by atoms with van der Waals surface area (Å²) in [4.78, 5) is 13.8. The maximum atomic E-state index is 12.3. The van der Waals surface area contributed by atoms with Gasteiger partial charge in [0.2, 0.25) is 0 Å². The van der Waals surface area contributed by atoms with Gasteiger partial charge in [0.05, 0.1) is 11.3 Å². The minimum Gasteiger partial charge on any atom is -0.478 e. The maximum Gasteiger partial charge on any atom is 0.336 e. The van der Waals surface area contributed by atoms with Crippen molar-refractivity contribution >= 4 is 43.9 Å². The zero-order chi connectivity index (χ0) is 15.0. The van der Waals surface area contributed by atoms with Crippen LogP contribution >= 0.6 is 11.3 Å². The van der Waals surface area contributed by atoms with Crippen LogP contribution in [0.3, 0.4) is 0 Å². The topological polar surface area (TPSA) is 99.3 Å². The summed E-state index contributed by atoms with van der Waals surface area (Å²) in [6.07, 6.45) is 1.72. The molecule has 0 unspecified atom stereocenters. The number of aromatic nitrogens is 1. The van der Waals surface area contributed by atoms with Crippen molar-refractivity contribution in [1.82, 2.24) is 4.98 Å². The molecule has 21 heavy (non-hydrogen) atoms. The summed E-state index contributed by atoms with van der Waals surface area (Å²) >= 11 is 0.872. The highest BCUT2D eigenvalue weighted by atomic mass is 32.2. The molecule has 0 fully saturated rings. The van der Waals surface area contributed by atoms with Gasteiger partial charge in [-0.25, -0.2) is 13.2 Å². The van der Waals surface area contributed by atoms with Gasteiger partial charge in [0.1, 0.15) is 4.21 Å². The number of thiophene rings is 1. The molecular weight excluding hydrogens is 312 g/mol. The van der Waals surface area contributed by atoms with Crippen molar-refractivity contribution < 1.29 is 18.3 Å². The van der Waals surface area contributed by atoms with Gasteiger partial charge < -0.3 is 10.1 Å². The molecular formula is C13H10N2O4S2. The zero-order valence-corrected chi connectivity index (χ0v) is 12.2. The van der Waals surface area contributed by atoms with Gasteiger partial charge >= 0.3 is 5.97 Å².